The number of aliphatic carboxylic acids is 1. The molecule has 0 amide bonds. The number of carboxylic acids is 1. The molecule has 0 aromatic carbocycles. The van der Waals surface area contributed by atoms with Gasteiger partial charge < -0.3 is 30.2 Å². The van der Waals surface area contributed by atoms with E-state index in [1.54, 1.807) is 12.2 Å². The number of allylic oxidation sites excluding steroid dienone is 2. The number of ketones is 1. The molecule has 5 atom stereocenters. The van der Waals surface area contributed by atoms with Crippen LogP contribution in [-0.2, 0) is 25.5 Å². The molecule has 4 aliphatic heterocycles. The maximum Gasteiger partial charge on any atom is 0.321 e. The van der Waals surface area contributed by atoms with Gasteiger partial charge in [0.05, 0.1) is 12.8 Å². The first-order valence-electron chi connectivity index (χ1n) is 15.7. The number of nitrogens with zero attached hydrogens (tertiary/aromatic N) is 1. The first-order chi connectivity index (χ1) is 21.8. The number of Topliss-reactive ketones (excluding diaryl/α,β-unsaturated/α-hetero) is 1. The number of carboxylic acid groups (broad SMARTS) is 1. The fraction of sp³-hybridized carbons (Fsp3) is 0.400. The third-order valence-electron chi connectivity index (χ3n) is 10.8. The number of hydrogen-bond donors (Lipinski definition) is 6. The number of aromatic nitrogens is 2. The Morgan fingerprint density at radius 3 is 2.52 bits per heavy atom. The number of aliphatic hydroxyl groups is 1. The third-order valence-corrected chi connectivity index (χ3v) is 10.8. The van der Waals surface area contributed by atoms with E-state index in [9.17, 15) is 24.6 Å². The fourth-order valence-corrected chi connectivity index (χ4v) is 8.31. The summed E-state index contributed by atoms with van der Waals surface area (Å²) >= 11 is 0. The van der Waals surface area contributed by atoms with Gasteiger partial charge in [-0.2, -0.15) is 5.43 Å². The van der Waals surface area contributed by atoms with Crippen molar-refractivity contribution < 1.29 is 29.3 Å². The van der Waals surface area contributed by atoms with Crippen molar-refractivity contribution in [3.8, 4) is 0 Å². The number of ether oxygens (including phenoxy) is 1. The molecule has 0 radical (unpaired) electrons. The molecule has 46 heavy (non-hydrogen) atoms. The van der Waals surface area contributed by atoms with Gasteiger partial charge in [-0.3, -0.25) is 19.4 Å². The third kappa shape index (κ3) is 3.81. The number of carbonyl (C=O) groups excluding carboxylic acids is 2. The molecule has 11 nitrogen and oxygen atoms in total. The Hall–Kier alpha value is -4.61. The SMILES string of the molecule is C=Cc1c(C)/c2[nH]/c1=C\c1[nH]c(c(CC)c1C)/C=C1/C(C)=C3C(=O)[C@H](C(=O)OC)/C(=C4/N[C@](O)(\C=2)[C@@H](C)[C@@H]4CCC(=O)O)[C@]32NN12. The highest BCUT2D eigenvalue weighted by molar-refractivity contribution is 6.19. The highest BCUT2D eigenvalue weighted by atomic mass is 16.5. The zero-order valence-electron chi connectivity index (χ0n) is 26.8. The van der Waals surface area contributed by atoms with E-state index in [0.29, 0.717) is 22.2 Å². The lowest BCUT2D eigenvalue weighted by Gasteiger charge is -2.25. The van der Waals surface area contributed by atoms with Gasteiger partial charge >= 0.3 is 11.9 Å². The Labute approximate surface area is 266 Å². The number of fused-ring (bicyclic) bond motifs is 6. The molecule has 1 aliphatic carbocycles. The molecule has 240 valence electrons. The number of H-pyrrole nitrogens is 2. The lowest BCUT2D eigenvalue weighted by molar-refractivity contribution is -0.146. The number of hydrazine groups is 1. The standard InChI is InChI=1S/C35H39N5O6/c1-8-19-15(3)22-12-23-20(9-2)16(4)25(37-23)14-34(45)18(6)21(10-11-27(41)42)31(38-34)30-28(33(44)46-7)32(43)29-17(5)26(13-24(19)36-22)40-35(29,30)39-40/h9,12-14,18,21,28,36-39,45H,2,8,10-11H2,1,3-7H3,(H,41,42)/b23-12-,25-14-,26-13-,31-30-/t18-,21-,28+,34-,35-,40?/m0/s1. The number of hydrogen-bond acceptors (Lipinski definition) is 8. The number of nitrogens with one attached hydrogen (secondary N) is 4. The van der Waals surface area contributed by atoms with Gasteiger partial charge in [-0.15, -0.1) is 0 Å². The normalized spacial score (nSPS) is 33.0. The molecule has 7 rings (SSSR count). The zero-order chi connectivity index (χ0) is 33.0. The highest BCUT2D eigenvalue weighted by Gasteiger charge is 2.74. The molecule has 2 aromatic heterocycles. The summed E-state index contributed by atoms with van der Waals surface area (Å²) in [4.78, 5) is 46.6. The monoisotopic (exact) mass is 625 g/mol. The van der Waals surface area contributed by atoms with E-state index < -0.39 is 41.1 Å². The first-order valence-corrected chi connectivity index (χ1v) is 15.7. The van der Waals surface area contributed by atoms with Gasteiger partial charge in [-0.1, -0.05) is 26.5 Å². The van der Waals surface area contributed by atoms with E-state index in [0.717, 1.165) is 56.7 Å². The Morgan fingerprint density at radius 1 is 1.13 bits per heavy atom. The Balaban J connectivity index is 1.60. The molecule has 2 aromatic rings. The maximum atomic E-state index is 14.3. The lowest BCUT2D eigenvalue weighted by Crippen LogP contribution is -2.44. The number of esters is 1. The van der Waals surface area contributed by atoms with Crippen LogP contribution in [-0.4, -0.2) is 61.4 Å². The van der Waals surface area contributed by atoms with Crippen LogP contribution in [0.5, 0.6) is 0 Å². The van der Waals surface area contributed by atoms with E-state index in [1.165, 1.54) is 7.11 Å². The maximum absolute atomic E-state index is 14.3. The zero-order valence-corrected chi connectivity index (χ0v) is 26.8. The van der Waals surface area contributed by atoms with Gasteiger partial charge in [0.2, 0.25) is 0 Å². The smallest absolute Gasteiger partial charge is 0.321 e. The van der Waals surface area contributed by atoms with Crippen LogP contribution in [0.2, 0.25) is 0 Å². The van der Waals surface area contributed by atoms with Gasteiger partial charge in [-0.25, -0.2) is 0 Å². The number of methoxy groups -OCH3 is 1. The summed E-state index contributed by atoms with van der Waals surface area (Å²) < 4.78 is 5.18. The summed E-state index contributed by atoms with van der Waals surface area (Å²) in [6, 6.07) is 0. The molecule has 6 N–H and O–H groups in total. The minimum atomic E-state index is -1.66. The molecule has 5 aliphatic rings. The van der Waals surface area contributed by atoms with Gasteiger partial charge in [-0.05, 0) is 74.1 Å². The van der Waals surface area contributed by atoms with Crippen LogP contribution in [0.4, 0.5) is 0 Å². The minimum Gasteiger partial charge on any atom is -0.481 e. The summed E-state index contributed by atoms with van der Waals surface area (Å²) in [7, 11) is 1.25. The van der Waals surface area contributed by atoms with Crippen LogP contribution in [0.3, 0.4) is 0 Å². The Kier molecular flexibility index (Phi) is 6.50. The van der Waals surface area contributed by atoms with Crippen LogP contribution in [0.15, 0.2) is 34.7 Å². The van der Waals surface area contributed by atoms with Crippen LogP contribution < -0.4 is 21.4 Å². The number of carbonyl (C=O) groups is 3. The average Bonchev–Trinajstić information content (AvgIpc) is 3.12. The van der Waals surface area contributed by atoms with Gasteiger partial charge in [0, 0.05) is 62.7 Å². The molecule has 1 spiro atoms. The second-order valence-electron chi connectivity index (χ2n) is 13.0. The lowest BCUT2D eigenvalue weighted by atomic mass is 9.82. The Bertz CT molecular complexity index is 2010. The molecule has 1 saturated carbocycles. The largest absolute Gasteiger partial charge is 0.481 e. The first kappa shape index (κ1) is 30.1. The molecule has 0 unspecified atom stereocenters. The second kappa shape index (κ2) is 9.94. The molecular weight excluding hydrogens is 586 g/mol. The van der Waals surface area contributed by atoms with E-state index in [1.807, 2.05) is 31.9 Å². The molecule has 6 heterocycles. The summed E-state index contributed by atoms with van der Waals surface area (Å²) in [5.74, 6) is -4.36. The van der Waals surface area contributed by atoms with Crippen molar-refractivity contribution in [1.82, 2.24) is 25.7 Å². The number of aromatic amines is 2. The summed E-state index contributed by atoms with van der Waals surface area (Å²) in [6.45, 7) is 13.9. The van der Waals surface area contributed by atoms with Crippen LogP contribution >= 0.6 is 0 Å². The predicted molar refractivity (Wildman–Crippen MR) is 171 cm³/mol. The summed E-state index contributed by atoms with van der Waals surface area (Å²) in [5.41, 5.74) is 9.41. The van der Waals surface area contributed by atoms with E-state index in [-0.39, 0.29) is 18.6 Å². The van der Waals surface area contributed by atoms with Crippen molar-refractivity contribution in [2.75, 3.05) is 7.11 Å². The quantitative estimate of drug-likeness (QED) is 0.160. The summed E-state index contributed by atoms with van der Waals surface area (Å²) in [5, 5.41) is 28.8. The second-order valence-corrected chi connectivity index (χ2v) is 13.0. The molecule has 3 fully saturated rings. The van der Waals surface area contributed by atoms with Crippen molar-refractivity contribution in [3.63, 3.8) is 0 Å². The molecule has 11 heteroatoms. The predicted octanol–water partition coefficient (Wildman–Crippen LogP) is 2.01. The van der Waals surface area contributed by atoms with Gasteiger partial charge in [0.1, 0.15) is 5.92 Å². The van der Waals surface area contributed by atoms with Crippen molar-refractivity contribution in [3.05, 3.63) is 79.0 Å². The van der Waals surface area contributed by atoms with Crippen molar-refractivity contribution >= 4 is 42.0 Å². The molecule has 2 saturated heterocycles. The minimum absolute atomic E-state index is 0.160. The van der Waals surface area contributed by atoms with Crippen molar-refractivity contribution in [1.29, 1.82) is 0 Å². The van der Waals surface area contributed by atoms with Crippen LogP contribution in [0.25, 0.3) is 24.3 Å². The fourth-order valence-electron chi connectivity index (χ4n) is 8.31. The highest BCUT2D eigenvalue weighted by Crippen LogP contribution is 2.62. The van der Waals surface area contributed by atoms with Crippen LogP contribution in [0, 0.1) is 31.6 Å². The van der Waals surface area contributed by atoms with Gasteiger partial charge in [0.25, 0.3) is 0 Å². The molecule has 8 bridgehead atoms. The van der Waals surface area contributed by atoms with Crippen molar-refractivity contribution in [2.24, 2.45) is 17.8 Å². The van der Waals surface area contributed by atoms with Gasteiger partial charge in [0.15, 0.2) is 17.2 Å². The average molecular weight is 626 g/mol. The molecular formula is C35H39N5O6. The van der Waals surface area contributed by atoms with E-state index in [4.69, 9.17) is 4.74 Å². The van der Waals surface area contributed by atoms with E-state index >= 15 is 0 Å². The van der Waals surface area contributed by atoms with E-state index in [2.05, 4.69) is 47.2 Å². The van der Waals surface area contributed by atoms with Crippen molar-refractivity contribution in [2.45, 2.75) is 65.3 Å². The topological polar surface area (TPSA) is 169 Å². The van der Waals surface area contributed by atoms with Crippen LogP contribution in [0.1, 0.15) is 67.3 Å². The Morgan fingerprint density at radius 2 is 1.87 bits per heavy atom. The number of rotatable bonds is 6. The summed E-state index contributed by atoms with van der Waals surface area (Å²) in [6.07, 6.45) is 8.39.